The second-order valence-corrected chi connectivity index (χ2v) is 6.52. The van der Waals surface area contributed by atoms with Crippen molar-refractivity contribution < 1.29 is 4.74 Å². The van der Waals surface area contributed by atoms with Gasteiger partial charge >= 0.3 is 0 Å². The van der Waals surface area contributed by atoms with Crippen LogP contribution < -0.4 is 10.1 Å². The summed E-state index contributed by atoms with van der Waals surface area (Å²) < 4.78 is 6.48. The van der Waals surface area contributed by atoms with Crippen LogP contribution in [0.2, 0.25) is 0 Å². The number of hydrogen-bond donors (Lipinski definition) is 1. The summed E-state index contributed by atoms with van der Waals surface area (Å²) in [6.07, 6.45) is 2.66. The summed E-state index contributed by atoms with van der Waals surface area (Å²) in [5.41, 5.74) is 0. The molecule has 2 heteroatoms. The van der Waals surface area contributed by atoms with E-state index in [0.29, 0.717) is 17.9 Å². The maximum Gasteiger partial charge on any atom is 0.127 e. The minimum Gasteiger partial charge on any atom is -0.489 e. The molecule has 2 aromatic carbocycles. The van der Waals surface area contributed by atoms with Crippen molar-refractivity contribution >= 4 is 10.8 Å². The van der Waals surface area contributed by atoms with E-state index in [9.17, 15) is 0 Å². The highest BCUT2D eigenvalue weighted by Gasteiger charge is 2.27. The molecule has 1 saturated heterocycles. The molecule has 112 valence electrons. The van der Waals surface area contributed by atoms with E-state index in [1.807, 2.05) is 0 Å². The van der Waals surface area contributed by atoms with Crippen molar-refractivity contribution in [3.8, 4) is 5.75 Å². The lowest BCUT2D eigenvalue weighted by atomic mass is 9.93. The molecule has 0 aromatic heterocycles. The second kappa shape index (κ2) is 6.48. The van der Waals surface area contributed by atoms with E-state index in [2.05, 4.69) is 61.6 Å². The van der Waals surface area contributed by atoms with Gasteiger partial charge in [-0.2, -0.15) is 0 Å². The van der Waals surface area contributed by atoms with Crippen molar-refractivity contribution in [2.75, 3.05) is 13.1 Å². The topological polar surface area (TPSA) is 21.3 Å². The van der Waals surface area contributed by atoms with Gasteiger partial charge in [-0.3, -0.25) is 0 Å². The third-order valence-electron chi connectivity index (χ3n) is 4.36. The van der Waals surface area contributed by atoms with Gasteiger partial charge in [-0.25, -0.2) is 0 Å². The summed E-state index contributed by atoms with van der Waals surface area (Å²) in [7, 11) is 0. The molecule has 2 nitrogen and oxygen atoms in total. The third kappa shape index (κ3) is 3.38. The van der Waals surface area contributed by atoms with Gasteiger partial charge in [0.15, 0.2) is 0 Å². The van der Waals surface area contributed by atoms with Gasteiger partial charge in [0.2, 0.25) is 0 Å². The Bertz CT molecular complexity index is 582. The lowest BCUT2D eigenvalue weighted by Gasteiger charge is -2.26. The SMILES string of the molecule is CC(C)C[C@@H](Oc1cccc2ccccc12)C1CCNC1. The molecule has 0 saturated carbocycles. The Morgan fingerprint density at radius 1 is 1.14 bits per heavy atom. The lowest BCUT2D eigenvalue weighted by Crippen LogP contribution is -2.30. The molecule has 1 heterocycles. The first-order valence-corrected chi connectivity index (χ1v) is 8.09. The highest BCUT2D eigenvalue weighted by Crippen LogP contribution is 2.30. The molecule has 2 atom stereocenters. The molecular formula is C19H25NO. The number of nitrogens with one attached hydrogen (secondary N) is 1. The van der Waals surface area contributed by atoms with Crippen LogP contribution in [0.25, 0.3) is 10.8 Å². The van der Waals surface area contributed by atoms with Gasteiger partial charge in [0.1, 0.15) is 11.9 Å². The summed E-state index contributed by atoms with van der Waals surface area (Å²) in [5.74, 6) is 2.32. The van der Waals surface area contributed by atoms with E-state index in [1.54, 1.807) is 0 Å². The van der Waals surface area contributed by atoms with Crippen molar-refractivity contribution in [2.45, 2.75) is 32.8 Å². The Morgan fingerprint density at radius 2 is 1.95 bits per heavy atom. The minimum atomic E-state index is 0.311. The van der Waals surface area contributed by atoms with E-state index >= 15 is 0 Å². The van der Waals surface area contributed by atoms with Gasteiger partial charge in [0.25, 0.3) is 0 Å². The highest BCUT2D eigenvalue weighted by molar-refractivity contribution is 5.88. The van der Waals surface area contributed by atoms with Gasteiger partial charge in [-0.1, -0.05) is 50.2 Å². The van der Waals surface area contributed by atoms with E-state index in [1.165, 1.54) is 17.2 Å². The van der Waals surface area contributed by atoms with Crippen LogP contribution in [0.15, 0.2) is 42.5 Å². The van der Waals surface area contributed by atoms with Gasteiger partial charge in [0.05, 0.1) is 0 Å². The van der Waals surface area contributed by atoms with Crippen molar-refractivity contribution in [3.63, 3.8) is 0 Å². The summed E-state index contributed by atoms with van der Waals surface area (Å²) >= 11 is 0. The lowest BCUT2D eigenvalue weighted by molar-refractivity contribution is 0.121. The Balaban J connectivity index is 1.86. The highest BCUT2D eigenvalue weighted by atomic mass is 16.5. The van der Waals surface area contributed by atoms with Crippen molar-refractivity contribution in [1.82, 2.24) is 5.32 Å². The van der Waals surface area contributed by atoms with Gasteiger partial charge < -0.3 is 10.1 Å². The fourth-order valence-corrected chi connectivity index (χ4v) is 3.26. The minimum absolute atomic E-state index is 0.311. The summed E-state index contributed by atoms with van der Waals surface area (Å²) in [6, 6.07) is 14.8. The average molecular weight is 283 g/mol. The second-order valence-electron chi connectivity index (χ2n) is 6.52. The van der Waals surface area contributed by atoms with E-state index in [-0.39, 0.29) is 0 Å². The van der Waals surface area contributed by atoms with Crippen LogP contribution in [-0.2, 0) is 0 Å². The fourth-order valence-electron chi connectivity index (χ4n) is 3.26. The molecule has 0 radical (unpaired) electrons. The van der Waals surface area contributed by atoms with Crippen LogP contribution >= 0.6 is 0 Å². The van der Waals surface area contributed by atoms with Crippen molar-refractivity contribution in [2.24, 2.45) is 11.8 Å². The number of ether oxygens (including phenoxy) is 1. The van der Waals surface area contributed by atoms with Crippen molar-refractivity contribution in [3.05, 3.63) is 42.5 Å². The molecule has 1 fully saturated rings. The van der Waals surface area contributed by atoms with Crippen molar-refractivity contribution in [1.29, 1.82) is 0 Å². The third-order valence-corrected chi connectivity index (χ3v) is 4.36. The molecule has 2 aromatic rings. The summed E-state index contributed by atoms with van der Waals surface area (Å²) in [5, 5.41) is 5.94. The molecule has 1 aliphatic heterocycles. The first kappa shape index (κ1) is 14.4. The van der Waals surface area contributed by atoms with Crippen LogP contribution in [-0.4, -0.2) is 19.2 Å². The number of rotatable bonds is 5. The van der Waals surface area contributed by atoms with Gasteiger partial charge in [0, 0.05) is 17.8 Å². The number of fused-ring (bicyclic) bond motifs is 1. The van der Waals surface area contributed by atoms with Crippen LogP contribution in [0.1, 0.15) is 26.7 Å². The van der Waals surface area contributed by atoms with Crippen LogP contribution in [0.3, 0.4) is 0 Å². The molecule has 1 N–H and O–H groups in total. The van der Waals surface area contributed by atoms with Crippen LogP contribution in [0.5, 0.6) is 5.75 Å². The van der Waals surface area contributed by atoms with Crippen LogP contribution in [0, 0.1) is 11.8 Å². The smallest absolute Gasteiger partial charge is 0.127 e. The normalized spacial score (nSPS) is 20.0. The first-order chi connectivity index (χ1) is 10.2. The monoisotopic (exact) mass is 283 g/mol. The Morgan fingerprint density at radius 3 is 2.71 bits per heavy atom. The summed E-state index contributed by atoms with van der Waals surface area (Å²) in [4.78, 5) is 0. The molecule has 1 unspecified atom stereocenters. The molecule has 0 aliphatic carbocycles. The quantitative estimate of drug-likeness (QED) is 0.886. The largest absolute Gasteiger partial charge is 0.489 e. The van der Waals surface area contributed by atoms with E-state index in [4.69, 9.17) is 4.74 Å². The van der Waals surface area contributed by atoms with Crippen LogP contribution in [0.4, 0.5) is 0 Å². The molecule has 3 rings (SSSR count). The number of hydrogen-bond acceptors (Lipinski definition) is 2. The molecular weight excluding hydrogens is 258 g/mol. The molecule has 0 spiro atoms. The Kier molecular flexibility index (Phi) is 4.45. The predicted molar refractivity (Wildman–Crippen MR) is 88.8 cm³/mol. The zero-order chi connectivity index (χ0) is 14.7. The predicted octanol–water partition coefficient (Wildman–Crippen LogP) is 4.24. The standard InChI is InChI=1S/C19H25NO/c1-14(2)12-19(16-10-11-20-13-16)21-18-9-5-7-15-6-3-4-8-17(15)18/h3-9,14,16,19-20H,10-13H2,1-2H3/t16?,19-/m1/s1. The van der Waals surface area contributed by atoms with Gasteiger partial charge in [-0.15, -0.1) is 0 Å². The maximum atomic E-state index is 6.48. The van der Waals surface area contributed by atoms with E-state index in [0.717, 1.165) is 25.3 Å². The molecule has 0 amide bonds. The molecule has 1 aliphatic rings. The summed E-state index contributed by atoms with van der Waals surface area (Å²) in [6.45, 7) is 6.77. The fraction of sp³-hybridized carbons (Fsp3) is 0.474. The molecule has 0 bridgehead atoms. The van der Waals surface area contributed by atoms with E-state index < -0.39 is 0 Å². The zero-order valence-corrected chi connectivity index (χ0v) is 13.0. The Hall–Kier alpha value is -1.54. The first-order valence-electron chi connectivity index (χ1n) is 8.09. The van der Waals surface area contributed by atoms with Gasteiger partial charge in [-0.05, 0) is 36.8 Å². The average Bonchev–Trinajstić information content (AvgIpc) is 3.01. The number of benzene rings is 2. The zero-order valence-electron chi connectivity index (χ0n) is 13.0. The molecule has 21 heavy (non-hydrogen) atoms. The Labute approximate surface area is 127 Å². The maximum absolute atomic E-state index is 6.48.